The highest BCUT2D eigenvalue weighted by molar-refractivity contribution is 6.32. The van der Waals surface area contributed by atoms with Crippen molar-refractivity contribution in [2.75, 3.05) is 4.90 Å². The average molecular weight is 349 g/mol. The standard InChI is InChI=1S/C20H19N3O3/c1-12-4-8-16(9-5-12)23-19(25)17(18(24)22-20(23)26)11-21-15-7-6-13(2)14(3)10-15/h4-11,17H,1-3H3,(H,22,24,26)/t17-/m0/s1. The van der Waals surface area contributed by atoms with E-state index in [1.54, 1.807) is 24.3 Å². The second kappa shape index (κ2) is 6.92. The Bertz CT molecular complexity index is 916. The highest BCUT2D eigenvalue weighted by Gasteiger charge is 2.40. The molecule has 2 aromatic rings. The summed E-state index contributed by atoms with van der Waals surface area (Å²) in [7, 11) is 0. The van der Waals surface area contributed by atoms with E-state index in [1.807, 2.05) is 39.0 Å². The van der Waals surface area contributed by atoms with Gasteiger partial charge in [0, 0.05) is 6.21 Å². The van der Waals surface area contributed by atoms with Gasteiger partial charge in [-0.05, 0) is 56.2 Å². The van der Waals surface area contributed by atoms with E-state index < -0.39 is 23.8 Å². The smallest absolute Gasteiger partial charge is 0.276 e. The SMILES string of the molecule is Cc1ccc(N2C(=O)NC(=O)[C@H](C=Nc3ccc(C)c(C)c3)C2=O)cc1. The molecule has 0 bridgehead atoms. The van der Waals surface area contributed by atoms with E-state index in [-0.39, 0.29) is 0 Å². The zero-order valence-corrected chi connectivity index (χ0v) is 14.8. The summed E-state index contributed by atoms with van der Waals surface area (Å²) < 4.78 is 0. The molecule has 26 heavy (non-hydrogen) atoms. The molecule has 4 amide bonds. The third-order valence-electron chi connectivity index (χ3n) is 4.36. The van der Waals surface area contributed by atoms with Crippen LogP contribution in [0.2, 0.25) is 0 Å². The van der Waals surface area contributed by atoms with Crippen LogP contribution in [0.5, 0.6) is 0 Å². The molecule has 0 saturated carbocycles. The minimum atomic E-state index is -1.16. The molecule has 1 aliphatic rings. The van der Waals surface area contributed by atoms with Crippen molar-refractivity contribution in [3.8, 4) is 0 Å². The normalized spacial score (nSPS) is 17.7. The van der Waals surface area contributed by atoms with Crippen molar-refractivity contribution in [3.05, 3.63) is 59.2 Å². The molecule has 1 fully saturated rings. The quantitative estimate of drug-likeness (QED) is 0.682. The average Bonchev–Trinajstić information content (AvgIpc) is 2.59. The Balaban J connectivity index is 1.88. The molecule has 0 spiro atoms. The largest absolute Gasteiger partial charge is 0.335 e. The van der Waals surface area contributed by atoms with Gasteiger partial charge in [-0.3, -0.25) is 19.9 Å². The van der Waals surface area contributed by atoms with Gasteiger partial charge in [-0.2, -0.15) is 0 Å². The molecule has 132 valence electrons. The molecular weight excluding hydrogens is 330 g/mol. The van der Waals surface area contributed by atoms with E-state index in [0.717, 1.165) is 21.6 Å². The summed E-state index contributed by atoms with van der Waals surface area (Å²) >= 11 is 0. The van der Waals surface area contributed by atoms with Crippen LogP contribution in [0.15, 0.2) is 47.5 Å². The third kappa shape index (κ3) is 3.39. The predicted molar refractivity (Wildman–Crippen MR) is 99.8 cm³/mol. The van der Waals surface area contributed by atoms with E-state index in [9.17, 15) is 14.4 Å². The number of barbiturate groups is 1. The summed E-state index contributed by atoms with van der Waals surface area (Å²) in [6.45, 7) is 5.86. The molecule has 6 heteroatoms. The number of benzene rings is 2. The molecule has 1 atom stereocenters. The van der Waals surface area contributed by atoms with Gasteiger partial charge in [0.2, 0.25) is 5.91 Å². The van der Waals surface area contributed by atoms with E-state index in [0.29, 0.717) is 11.4 Å². The van der Waals surface area contributed by atoms with Crippen LogP contribution in [-0.4, -0.2) is 24.1 Å². The van der Waals surface area contributed by atoms with E-state index in [1.165, 1.54) is 6.21 Å². The van der Waals surface area contributed by atoms with Gasteiger partial charge in [-0.15, -0.1) is 0 Å². The van der Waals surface area contributed by atoms with Gasteiger partial charge in [0.05, 0.1) is 11.4 Å². The molecule has 1 heterocycles. The van der Waals surface area contributed by atoms with Gasteiger partial charge in [-0.1, -0.05) is 23.8 Å². The number of aryl methyl sites for hydroxylation is 3. The van der Waals surface area contributed by atoms with E-state index >= 15 is 0 Å². The number of rotatable bonds is 3. The van der Waals surface area contributed by atoms with Crippen molar-refractivity contribution in [1.29, 1.82) is 0 Å². The van der Waals surface area contributed by atoms with Crippen molar-refractivity contribution in [1.82, 2.24) is 5.32 Å². The van der Waals surface area contributed by atoms with Crippen LogP contribution < -0.4 is 10.2 Å². The summed E-state index contributed by atoms with van der Waals surface area (Å²) in [6.07, 6.45) is 1.29. The third-order valence-corrected chi connectivity index (χ3v) is 4.36. The highest BCUT2D eigenvalue weighted by atomic mass is 16.2. The molecule has 2 aromatic carbocycles. The number of nitrogens with zero attached hydrogens (tertiary/aromatic N) is 2. The Hall–Kier alpha value is -3.28. The number of nitrogens with one attached hydrogen (secondary N) is 1. The number of hydrogen-bond donors (Lipinski definition) is 1. The molecule has 0 unspecified atom stereocenters. The van der Waals surface area contributed by atoms with Crippen molar-refractivity contribution >= 4 is 35.4 Å². The van der Waals surface area contributed by atoms with E-state index in [4.69, 9.17) is 0 Å². The van der Waals surface area contributed by atoms with Gasteiger partial charge in [0.25, 0.3) is 5.91 Å². The molecule has 1 N–H and O–H groups in total. The fourth-order valence-electron chi connectivity index (χ4n) is 2.63. The number of imide groups is 2. The van der Waals surface area contributed by atoms with Crippen molar-refractivity contribution < 1.29 is 14.4 Å². The first-order valence-electron chi connectivity index (χ1n) is 8.24. The Morgan fingerprint density at radius 3 is 2.31 bits per heavy atom. The Morgan fingerprint density at radius 1 is 0.962 bits per heavy atom. The van der Waals surface area contributed by atoms with Crippen LogP contribution in [-0.2, 0) is 9.59 Å². The number of urea groups is 1. The number of amides is 4. The monoisotopic (exact) mass is 349 g/mol. The first-order chi connectivity index (χ1) is 12.4. The fraction of sp³-hybridized carbons (Fsp3) is 0.200. The van der Waals surface area contributed by atoms with Gasteiger partial charge < -0.3 is 0 Å². The van der Waals surface area contributed by atoms with Gasteiger partial charge in [-0.25, -0.2) is 9.69 Å². The molecule has 1 saturated heterocycles. The van der Waals surface area contributed by atoms with Crippen molar-refractivity contribution in [2.45, 2.75) is 20.8 Å². The Morgan fingerprint density at radius 2 is 1.65 bits per heavy atom. The Kier molecular flexibility index (Phi) is 4.67. The maximum Gasteiger partial charge on any atom is 0.335 e. The molecule has 3 rings (SSSR count). The lowest BCUT2D eigenvalue weighted by atomic mass is 10.1. The lowest BCUT2D eigenvalue weighted by Crippen LogP contribution is -2.58. The summed E-state index contributed by atoms with van der Waals surface area (Å²) in [5, 5.41) is 2.22. The van der Waals surface area contributed by atoms with Crippen LogP contribution in [0.1, 0.15) is 16.7 Å². The molecule has 1 aliphatic heterocycles. The fourth-order valence-corrected chi connectivity index (χ4v) is 2.63. The van der Waals surface area contributed by atoms with Crippen LogP contribution in [0.3, 0.4) is 0 Å². The highest BCUT2D eigenvalue weighted by Crippen LogP contribution is 2.22. The van der Waals surface area contributed by atoms with Gasteiger partial charge in [0.15, 0.2) is 5.92 Å². The second-order valence-electron chi connectivity index (χ2n) is 6.33. The lowest BCUT2D eigenvalue weighted by Gasteiger charge is -2.28. The topological polar surface area (TPSA) is 78.8 Å². The maximum absolute atomic E-state index is 12.7. The summed E-state index contributed by atoms with van der Waals surface area (Å²) in [6, 6.07) is 11.8. The zero-order chi connectivity index (χ0) is 18.8. The van der Waals surface area contributed by atoms with E-state index in [2.05, 4.69) is 10.3 Å². The zero-order valence-electron chi connectivity index (χ0n) is 14.8. The summed E-state index contributed by atoms with van der Waals surface area (Å²) in [5.74, 6) is -2.44. The van der Waals surface area contributed by atoms with Gasteiger partial charge in [0.1, 0.15) is 0 Å². The van der Waals surface area contributed by atoms with Crippen LogP contribution in [0, 0.1) is 26.7 Å². The molecule has 6 nitrogen and oxygen atoms in total. The summed E-state index contributed by atoms with van der Waals surface area (Å²) in [5.41, 5.74) is 4.26. The Labute approximate surface area is 151 Å². The van der Waals surface area contributed by atoms with Crippen LogP contribution in [0.25, 0.3) is 0 Å². The number of carbonyl (C=O) groups excluding carboxylic acids is 3. The maximum atomic E-state index is 12.7. The minimum Gasteiger partial charge on any atom is -0.276 e. The lowest BCUT2D eigenvalue weighted by molar-refractivity contribution is -0.131. The molecule has 0 aromatic heterocycles. The van der Waals surface area contributed by atoms with Crippen LogP contribution >= 0.6 is 0 Å². The molecular formula is C20H19N3O3. The summed E-state index contributed by atoms with van der Waals surface area (Å²) in [4.78, 5) is 42.2. The first-order valence-corrected chi connectivity index (χ1v) is 8.24. The minimum absolute atomic E-state index is 0.412. The number of aliphatic imine (C=N–C) groups is 1. The van der Waals surface area contributed by atoms with Crippen LogP contribution in [0.4, 0.5) is 16.2 Å². The first kappa shape index (κ1) is 17.5. The number of carbonyl (C=O) groups is 3. The van der Waals surface area contributed by atoms with Crippen molar-refractivity contribution in [2.24, 2.45) is 10.9 Å². The predicted octanol–water partition coefficient (Wildman–Crippen LogP) is 3.21. The number of anilines is 1. The second-order valence-corrected chi connectivity index (χ2v) is 6.33. The molecule has 0 aliphatic carbocycles. The molecule has 0 radical (unpaired) electrons. The van der Waals surface area contributed by atoms with Crippen molar-refractivity contribution in [3.63, 3.8) is 0 Å². The number of hydrogen-bond acceptors (Lipinski definition) is 4. The van der Waals surface area contributed by atoms with Gasteiger partial charge >= 0.3 is 6.03 Å².